The smallest absolute Gasteiger partial charge is 0.317 e. The van der Waals surface area contributed by atoms with Gasteiger partial charge in [0.2, 0.25) is 0 Å². The number of pyridine rings is 1. The monoisotopic (exact) mass is 282 g/mol. The molecular weight excluding hydrogens is 264 g/mol. The van der Waals surface area contributed by atoms with Crippen molar-refractivity contribution < 1.29 is 4.79 Å². The van der Waals surface area contributed by atoms with Crippen LogP contribution in [0.4, 0.5) is 4.79 Å². The highest BCUT2D eigenvalue weighted by Crippen LogP contribution is 2.21. The second-order valence-corrected chi connectivity index (χ2v) is 5.76. The first-order valence-corrected chi connectivity index (χ1v) is 7.41. The minimum Gasteiger partial charge on any atom is -0.336 e. The first kappa shape index (κ1) is 12.6. The zero-order valence-corrected chi connectivity index (χ0v) is 11.8. The Morgan fingerprint density at radius 2 is 2.14 bits per heavy atom. The van der Waals surface area contributed by atoms with E-state index in [0.717, 1.165) is 38.2 Å². The van der Waals surface area contributed by atoms with Crippen LogP contribution in [0, 0.1) is 0 Å². The van der Waals surface area contributed by atoms with Crippen molar-refractivity contribution in [3.05, 3.63) is 42.1 Å². The summed E-state index contributed by atoms with van der Waals surface area (Å²) < 4.78 is 0. The molecule has 1 aromatic heterocycles. The van der Waals surface area contributed by atoms with E-state index < -0.39 is 0 Å². The molecule has 1 aromatic carbocycles. The Morgan fingerprint density at radius 3 is 3.10 bits per heavy atom. The second kappa shape index (κ2) is 5.00. The van der Waals surface area contributed by atoms with Gasteiger partial charge in [0.1, 0.15) is 0 Å². The van der Waals surface area contributed by atoms with Crippen molar-refractivity contribution in [2.75, 3.05) is 26.2 Å². The van der Waals surface area contributed by atoms with Crippen molar-refractivity contribution in [2.45, 2.75) is 12.6 Å². The largest absolute Gasteiger partial charge is 0.336 e. The number of nitrogens with zero attached hydrogens (tertiary/aromatic N) is 3. The van der Waals surface area contributed by atoms with Gasteiger partial charge in [-0.25, -0.2) is 4.79 Å². The van der Waals surface area contributed by atoms with E-state index in [0.29, 0.717) is 6.04 Å². The third-order valence-electron chi connectivity index (χ3n) is 4.45. The van der Waals surface area contributed by atoms with E-state index >= 15 is 0 Å². The summed E-state index contributed by atoms with van der Waals surface area (Å²) in [7, 11) is 0. The van der Waals surface area contributed by atoms with Gasteiger partial charge in [0.15, 0.2) is 0 Å². The SMILES string of the molecule is O=C1NC[C@H]2CN(Cc3ccnc4ccccc34)CCN12. The van der Waals surface area contributed by atoms with Crippen LogP contribution in [-0.2, 0) is 6.54 Å². The van der Waals surface area contributed by atoms with Crippen LogP contribution in [0.2, 0.25) is 0 Å². The van der Waals surface area contributed by atoms with Crippen LogP contribution in [0.3, 0.4) is 0 Å². The Kier molecular flexibility index (Phi) is 3.00. The minimum absolute atomic E-state index is 0.0917. The molecule has 108 valence electrons. The number of rotatable bonds is 2. The zero-order valence-electron chi connectivity index (χ0n) is 11.8. The number of hydrogen-bond donors (Lipinski definition) is 1. The number of nitrogens with one attached hydrogen (secondary N) is 1. The van der Waals surface area contributed by atoms with Crippen molar-refractivity contribution in [1.82, 2.24) is 20.1 Å². The highest BCUT2D eigenvalue weighted by atomic mass is 16.2. The van der Waals surface area contributed by atoms with Gasteiger partial charge >= 0.3 is 6.03 Å². The van der Waals surface area contributed by atoms with Crippen LogP contribution in [0.15, 0.2) is 36.5 Å². The molecule has 21 heavy (non-hydrogen) atoms. The molecule has 0 saturated carbocycles. The standard InChI is InChI=1S/C16H18N4O/c21-16-18-9-13-11-19(7-8-20(13)16)10-12-5-6-17-15-4-2-1-3-14(12)15/h1-6,13H,7-11H2,(H,18,21)/t13-/m0/s1. The maximum Gasteiger partial charge on any atom is 0.317 e. The molecule has 3 heterocycles. The van der Waals surface area contributed by atoms with Gasteiger partial charge in [-0.2, -0.15) is 0 Å². The topological polar surface area (TPSA) is 48.5 Å². The number of carbonyl (C=O) groups is 1. The highest BCUT2D eigenvalue weighted by Gasteiger charge is 2.35. The van der Waals surface area contributed by atoms with Crippen LogP contribution in [0.5, 0.6) is 0 Å². The van der Waals surface area contributed by atoms with Gasteiger partial charge in [0, 0.05) is 44.3 Å². The summed E-state index contributed by atoms with van der Waals surface area (Å²) in [6.07, 6.45) is 1.88. The number of fused-ring (bicyclic) bond motifs is 2. The number of aromatic nitrogens is 1. The Balaban J connectivity index is 1.54. The third kappa shape index (κ3) is 2.23. The fourth-order valence-corrected chi connectivity index (χ4v) is 3.35. The Labute approximate surface area is 123 Å². The van der Waals surface area contributed by atoms with Crippen molar-refractivity contribution in [3.63, 3.8) is 0 Å². The zero-order chi connectivity index (χ0) is 14.2. The lowest BCUT2D eigenvalue weighted by Crippen LogP contribution is -2.51. The summed E-state index contributed by atoms with van der Waals surface area (Å²) in [5, 5.41) is 4.15. The number of amides is 2. The molecule has 0 bridgehead atoms. The maximum atomic E-state index is 11.6. The average molecular weight is 282 g/mol. The van der Waals surface area contributed by atoms with Crippen LogP contribution in [0.1, 0.15) is 5.56 Å². The minimum atomic E-state index is 0.0917. The van der Waals surface area contributed by atoms with Gasteiger partial charge in [0.25, 0.3) is 0 Å². The fraction of sp³-hybridized carbons (Fsp3) is 0.375. The second-order valence-electron chi connectivity index (χ2n) is 5.76. The molecule has 5 heteroatoms. The summed E-state index contributed by atoms with van der Waals surface area (Å²) >= 11 is 0. The maximum absolute atomic E-state index is 11.6. The van der Waals surface area contributed by atoms with E-state index in [4.69, 9.17) is 0 Å². The molecule has 0 radical (unpaired) electrons. The molecule has 2 aliphatic rings. The van der Waals surface area contributed by atoms with E-state index in [1.807, 2.05) is 17.2 Å². The molecule has 0 aliphatic carbocycles. The van der Waals surface area contributed by atoms with Crippen molar-refractivity contribution in [1.29, 1.82) is 0 Å². The molecule has 1 atom stereocenters. The van der Waals surface area contributed by atoms with Crippen LogP contribution < -0.4 is 5.32 Å². The van der Waals surface area contributed by atoms with Gasteiger partial charge in [-0.1, -0.05) is 18.2 Å². The first-order valence-electron chi connectivity index (χ1n) is 7.41. The summed E-state index contributed by atoms with van der Waals surface area (Å²) in [6.45, 7) is 4.38. The lowest BCUT2D eigenvalue weighted by Gasteiger charge is -2.36. The van der Waals surface area contributed by atoms with E-state index in [9.17, 15) is 4.79 Å². The van der Waals surface area contributed by atoms with E-state index in [1.165, 1.54) is 10.9 Å². The van der Waals surface area contributed by atoms with Crippen LogP contribution in [-0.4, -0.2) is 53.0 Å². The number of urea groups is 1. The quantitative estimate of drug-likeness (QED) is 0.907. The lowest BCUT2D eigenvalue weighted by atomic mass is 10.1. The Morgan fingerprint density at radius 1 is 1.24 bits per heavy atom. The van der Waals surface area contributed by atoms with Crippen molar-refractivity contribution in [2.24, 2.45) is 0 Å². The molecule has 2 saturated heterocycles. The summed E-state index contributed by atoms with van der Waals surface area (Å²) in [5.41, 5.74) is 2.36. The van der Waals surface area contributed by atoms with Crippen molar-refractivity contribution >= 4 is 16.9 Å². The highest BCUT2D eigenvalue weighted by molar-refractivity contribution is 5.81. The normalized spacial score (nSPS) is 22.4. The number of hydrogen-bond acceptors (Lipinski definition) is 3. The van der Waals surface area contributed by atoms with Crippen LogP contribution >= 0.6 is 0 Å². The predicted molar refractivity (Wildman–Crippen MR) is 80.9 cm³/mol. The lowest BCUT2D eigenvalue weighted by molar-refractivity contribution is 0.117. The molecule has 2 aromatic rings. The summed E-state index contributed by atoms with van der Waals surface area (Å²) in [5.74, 6) is 0. The van der Waals surface area contributed by atoms with Gasteiger partial charge in [0.05, 0.1) is 11.6 Å². The Bertz CT molecular complexity index is 682. The first-order chi connectivity index (χ1) is 10.3. The Hall–Kier alpha value is -2.14. The molecule has 2 fully saturated rings. The molecule has 2 amide bonds. The summed E-state index contributed by atoms with van der Waals surface area (Å²) in [6, 6.07) is 10.8. The average Bonchev–Trinajstić information content (AvgIpc) is 2.89. The summed E-state index contributed by atoms with van der Waals surface area (Å²) in [4.78, 5) is 20.4. The molecule has 5 nitrogen and oxygen atoms in total. The van der Waals surface area contributed by atoms with Crippen LogP contribution in [0.25, 0.3) is 10.9 Å². The van der Waals surface area contributed by atoms with E-state index in [-0.39, 0.29) is 6.03 Å². The van der Waals surface area contributed by atoms with E-state index in [2.05, 4.69) is 39.5 Å². The van der Waals surface area contributed by atoms with Gasteiger partial charge in [-0.15, -0.1) is 0 Å². The molecular formula is C16H18N4O. The third-order valence-corrected chi connectivity index (χ3v) is 4.45. The molecule has 1 N–H and O–H groups in total. The molecule has 0 spiro atoms. The molecule has 4 rings (SSSR count). The number of piperazine rings is 1. The number of benzene rings is 1. The fourth-order valence-electron chi connectivity index (χ4n) is 3.35. The molecule has 0 unspecified atom stereocenters. The number of para-hydroxylation sites is 1. The van der Waals surface area contributed by atoms with Gasteiger partial charge in [-0.3, -0.25) is 9.88 Å². The van der Waals surface area contributed by atoms with E-state index in [1.54, 1.807) is 0 Å². The predicted octanol–water partition coefficient (Wildman–Crippen LogP) is 1.44. The van der Waals surface area contributed by atoms with Gasteiger partial charge < -0.3 is 10.2 Å². The van der Waals surface area contributed by atoms with Crippen molar-refractivity contribution in [3.8, 4) is 0 Å². The molecule has 2 aliphatic heterocycles. The van der Waals surface area contributed by atoms with Gasteiger partial charge in [-0.05, 0) is 17.7 Å². The number of carbonyl (C=O) groups excluding carboxylic acids is 1.